The van der Waals surface area contributed by atoms with Gasteiger partial charge in [0, 0.05) is 19.0 Å². The van der Waals surface area contributed by atoms with Crippen molar-refractivity contribution in [3.05, 3.63) is 11.5 Å². The summed E-state index contributed by atoms with van der Waals surface area (Å²) < 4.78 is 6.00. The van der Waals surface area contributed by atoms with Gasteiger partial charge in [-0.25, -0.2) is 5.84 Å². The largest absolute Gasteiger partial charge is 0.478 e. The van der Waals surface area contributed by atoms with E-state index in [1.165, 1.54) is 5.57 Å². The van der Waals surface area contributed by atoms with Gasteiger partial charge in [0.05, 0.1) is 6.61 Å². The molecule has 1 aliphatic rings. The van der Waals surface area contributed by atoms with Crippen molar-refractivity contribution >= 4 is 0 Å². The van der Waals surface area contributed by atoms with Gasteiger partial charge >= 0.3 is 0 Å². The molecule has 4 heteroatoms. The first-order valence-corrected chi connectivity index (χ1v) is 7.29. The molecule has 1 fully saturated rings. The van der Waals surface area contributed by atoms with Gasteiger partial charge in [-0.2, -0.15) is 0 Å². The maximum Gasteiger partial charge on any atom is 0.203 e. The first-order chi connectivity index (χ1) is 8.75. The number of nitrogens with two attached hydrogens (primary N) is 1. The molecule has 1 aliphatic heterocycles. The van der Waals surface area contributed by atoms with Crippen LogP contribution in [-0.2, 0) is 4.74 Å². The van der Waals surface area contributed by atoms with E-state index in [-0.39, 0.29) is 5.41 Å². The molecular formula is C15H31N3O. The highest BCUT2D eigenvalue weighted by Gasteiger charge is 2.29. The van der Waals surface area contributed by atoms with E-state index in [4.69, 9.17) is 10.6 Å². The molecule has 1 unspecified atom stereocenters. The van der Waals surface area contributed by atoms with Crippen LogP contribution < -0.4 is 5.84 Å². The lowest BCUT2D eigenvalue weighted by Gasteiger charge is -2.38. The van der Waals surface area contributed by atoms with Crippen LogP contribution in [0.25, 0.3) is 0 Å². The van der Waals surface area contributed by atoms with Gasteiger partial charge < -0.3 is 9.64 Å². The molecule has 0 aliphatic carbocycles. The van der Waals surface area contributed by atoms with Crippen LogP contribution in [0.5, 0.6) is 0 Å². The molecule has 1 atom stereocenters. The number of hydrogen-bond donors (Lipinski definition) is 1. The van der Waals surface area contributed by atoms with Gasteiger partial charge in [-0.1, -0.05) is 34.1 Å². The Hall–Kier alpha value is -0.740. The predicted molar refractivity (Wildman–Crippen MR) is 80.3 cm³/mol. The summed E-state index contributed by atoms with van der Waals surface area (Å²) in [5, 5.41) is 1.81. The Morgan fingerprint density at radius 3 is 2.47 bits per heavy atom. The molecule has 112 valence electrons. The molecule has 2 N–H and O–H groups in total. The topological polar surface area (TPSA) is 41.7 Å². The van der Waals surface area contributed by atoms with E-state index in [2.05, 4.69) is 46.7 Å². The second-order valence-electron chi connectivity index (χ2n) is 6.88. The predicted octanol–water partition coefficient (Wildman–Crippen LogP) is 2.43. The Kier molecular flexibility index (Phi) is 5.68. The minimum Gasteiger partial charge on any atom is -0.478 e. The standard InChI is InChI=1S/C15H31N3O/c1-7-8-13(15(2,3)4)14-18(16)10-12(11-19-14)9-17(5)6/h12H,7-11,16H2,1-6H3/b14-13-. The van der Waals surface area contributed by atoms with E-state index >= 15 is 0 Å². The number of allylic oxidation sites excluding steroid dienone is 1. The van der Waals surface area contributed by atoms with Crippen LogP contribution in [0.3, 0.4) is 0 Å². The molecule has 0 aromatic rings. The Morgan fingerprint density at radius 2 is 2.05 bits per heavy atom. The summed E-state index contributed by atoms with van der Waals surface area (Å²) in [6, 6.07) is 0. The number of hydrogen-bond acceptors (Lipinski definition) is 4. The summed E-state index contributed by atoms with van der Waals surface area (Å²) in [7, 11) is 4.17. The monoisotopic (exact) mass is 269 g/mol. The maximum absolute atomic E-state index is 6.20. The fraction of sp³-hybridized carbons (Fsp3) is 0.867. The lowest BCUT2D eigenvalue weighted by Crippen LogP contribution is -2.46. The summed E-state index contributed by atoms with van der Waals surface area (Å²) in [4.78, 5) is 2.19. The Balaban J connectivity index is 2.84. The summed E-state index contributed by atoms with van der Waals surface area (Å²) >= 11 is 0. The number of ether oxygens (including phenoxy) is 1. The third-order valence-electron chi connectivity index (χ3n) is 3.46. The molecule has 1 heterocycles. The maximum atomic E-state index is 6.20. The first kappa shape index (κ1) is 16.3. The molecule has 0 saturated carbocycles. The molecule has 0 aromatic heterocycles. The van der Waals surface area contributed by atoms with E-state index in [9.17, 15) is 0 Å². The minimum atomic E-state index is 0.108. The molecule has 0 amide bonds. The lowest BCUT2D eigenvalue weighted by atomic mass is 9.83. The Bertz CT molecular complexity index is 318. The number of rotatable bonds is 4. The van der Waals surface area contributed by atoms with Crippen molar-refractivity contribution in [2.24, 2.45) is 17.2 Å². The fourth-order valence-electron chi connectivity index (χ4n) is 2.63. The second-order valence-corrected chi connectivity index (χ2v) is 6.88. The van der Waals surface area contributed by atoms with Gasteiger partial charge in [0.25, 0.3) is 0 Å². The van der Waals surface area contributed by atoms with Crippen molar-refractivity contribution in [3.63, 3.8) is 0 Å². The third-order valence-corrected chi connectivity index (χ3v) is 3.46. The molecule has 1 saturated heterocycles. The lowest BCUT2D eigenvalue weighted by molar-refractivity contribution is 0.00879. The van der Waals surface area contributed by atoms with Crippen LogP contribution in [0.1, 0.15) is 40.5 Å². The number of nitrogens with zero attached hydrogens (tertiary/aromatic N) is 2. The quantitative estimate of drug-likeness (QED) is 0.796. The SMILES string of the molecule is CCC/C(=C1/OCC(CN(C)C)CN1N)C(C)(C)C. The van der Waals surface area contributed by atoms with Crippen molar-refractivity contribution in [1.29, 1.82) is 0 Å². The van der Waals surface area contributed by atoms with Gasteiger partial charge in [0.1, 0.15) is 0 Å². The van der Waals surface area contributed by atoms with E-state index in [1.807, 2.05) is 5.01 Å². The zero-order valence-corrected chi connectivity index (χ0v) is 13.5. The first-order valence-electron chi connectivity index (χ1n) is 7.29. The molecule has 0 radical (unpaired) electrons. The highest BCUT2D eigenvalue weighted by atomic mass is 16.5. The Labute approximate surface area is 118 Å². The summed E-state index contributed by atoms with van der Waals surface area (Å²) in [6.45, 7) is 11.5. The minimum absolute atomic E-state index is 0.108. The van der Waals surface area contributed by atoms with E-state index in [0.29, 0.717) is 5.92 Å². The van der Waals surface area contributed by atoms with E-state index < -0.39 is 0 Å². The molecule has 1 rings (SSSR count). The average molecular weight is 269 g/mol. The van der Waals surface area contributed by atoms with E-state index in [0.717, 1.165) is 38.4 Å². The van der Waals surface area contributed by atoms with Crippen molar-refractivity contribution < 1.29 is 4.74 Å². The summed E-state index contributed by atoms with van der Waals surface area (Å²) in [6.07, 6.45) is 2.17. The zero-order chi connectivity index (χ0) is 14.6. The van der Waals surface area contributed by atoms with Crippen molar-refractivity contribution in [2.75, 3.05) is 33.8 Å². The van der Waals surface area contributed by atoms with Gasteiger partial charge in [-0.3, -0.25) is 5.01 Å². The smallest absolute Gasteiger partial charge is 0.203 e. The molecule has 19 heavy (non-hydrogen) atoms. The normalized spacial score (nSPS) is 23.6. The number of hydrazine groups is 1. The third kappa shape index (κ3) is 4.69. The Morgan fingerprint density at radius 1 is 1.42 bits per heavy atom. The molecule has 0 spiro atoms. The highest BCUT2D eigenvalue weighted by Crippen LogP contribution is 2.34. The van der Waals surface area contributed by atoms with Crippen molar-refractivity contribution in [1.82, 2.24) is 9.91 Å². The van der Waals surface area contributed by atoms with Crippen molar-refractivity contribution in [3.8, 4) is 0 Å². The molecular weight excluding hydrogens is 238 g/mol. The van der Waals surface area contributed by atoms with Gasteiger partial charge in [-0.15, -0.1) is 0 Å². The second kappa shape index (κ2) is 6.62. The van der Waals surface area contributed by atoms with Crippen molar-refractivity contribution in [2.45, 2.75) is 40.5 Å². The fourth-order valence-corrected chi connectivity index (χ4v) is 2.63. The van der Waals surface area contributed by atoms with Crippen LogP contribution in [0.4, 0.5) is 0 Å². The van der Waals surface area contributed by atoms with Crippen LogP contribution in [0, 0.1) is 11.3 Å². The zero-order valence-electron chi connectivity index (χ0n) is 13.5. The highest BCUT2D eigenvalue weighted by molar-refractivity contribution is 5.16. The van der Waals surface area contributed by atoms with Crippen LogP contribution in [0.2, 0.25) is 0 Å². The molecule has 4 nitrogen and oxygen atoms in total. The molecule has 0 bridgehead atoms. The van der Waals surface area contributed by atoms with Gasteiger partial charge in [-0.05, 0) is 31.5 Å². The van der Waals surface area contributed by atoms with E-state index in [1.54, 1.807) is 0 Å². The van der Waals surface area contributed by atoms with Gasteiger partial charge in [0.15, 0.2) is 0 Å². The van der Waals surface area contributed by atoms with Crippen LogP contribution in [-0.4, -0.2) is 43.7 Å². The summed E-state index contributed by atoms with van der Waals surface area (Å²) in [5.41, 5.74) is 1.44. The summed E-state index contributed by atoms with van der Waals surface area (Å²) in [5.74, 6) is 7.59. The van der Waals surface area contributed by atoms with Gasteiger partial charge in [0.2, 0.25) is 5.88 Å². The van der Waals surface area contributed by atoms with Crippen LogP contribution in [0.15, 0.2) is 11.5 Å². The molecule has 0 aromatic carbocycles. The van der Waals surface area contributed by atoms with Crippen LogP contribution >= 0.6 is 0 Å². The average Bonchev–Trinajstić information content (AvgIpc) is 2.24.